The highest BCUT2D eigenvalue weighted by Gasteiger charge is 2.40. The number of oxazole rings is 1. The molecule has 0 aliphatic heterocycles. The Morgan fingerprint density at radius 2 is 1.88 bits per heavy atom. The van der Waals surface area contributed by atoms with Crippen LogP contribution in [0.25, 0.3) is 11.5 Å². The Labute approximate surface area is 143 Å². The van der Waals surface area contributed by atoms with Gasteiger partial charge in [0, 0.05) is 5.56 Å². The largest absolute Gasteiger partial charge is 0.467 e. The van der Waals surface area contributed by atoms with Crippen molar-refractivity contribution < 1.29 is 23.4 Å². The third kappa shape index (κ3) is 3.44. The van der Waals surface area contributed by atoms with E-state index < -0.39 is 17.4 Å². The predicted octanol–water partition coefficient (Wildman–Crippen LogP) is 3.08. The molecule has 1 aromatic heterocycles. The summed E-state index contributed by atoms with van der Waals surface area (Å²) in [7, 11) is 1.17. The van der Waals surface area contributed by atoms with Crippen molar-refractivity contribution in [3.05, 3.63) is 77.9 Å². The van der Waals surface area contributed by atoms with Crippen LogP contribution in [0.1, 0.15) is 11.3 Å². The van der Waals surface area contributed by atoms with Crippen LogP contribution in [-0.4, -0.2) is 23.2 Å². The maximum Gasteiger partial charge on any atom is 0.343 e. The summed E-state index contributed by atoms with van der Waals surface area (Å²) < 4.78 is 23.5. The lowest BCUT2D eigenvalue weighted by molar-refractivity contribution is -0.164. The Balaban J connectivity index is 1.92. The average Bonchev–Trinajstić information content (AvgIpc) is 3.10. The quantitative estimate of drug-likeness (QED) is 0.722. The van der Waals surface area contributed by atoms with Crippen LogP contribution in [0.4, 0.5) is 4.39 Å². The number of aliphatic hydroxyl groups is 1. The van der Waals surface area contributed by atoms with Gasteiger partial charge >= 0.3 is 5.97 Å². The van der Waals surface area contributed by atoms with Gasteiger partial charge in [0.15, 0.2) is 5.60 Å². The minimum atomic E-state index is -2.00. The third-order valence-corrected chi connectivity index (χ3v) is 3.85. The molecule has 0 saturated carbocycles. The van der Waals surface area contributed by atoms with Gasteiger partial charge in [0.05, 0.1) is 19.7 Å². The van der Waals surface area contributed by atoms with Gasteiger partial charge in [-0.25, -0.2) is 14.2 Å². The average molecular weight is 341 g/mol. The van der Waals surface area contributed by atoms with Crippen LogP contribution in [0, 0.1) is 5.82 Å². The molecule has 0 fully saturated rings. The molecular formula is C19H16FNO4. The minimum Gasteiger partial charge on any atom is -0.467 e. The summed E-state index contributed by atoms with van der Waals surface area (Å²) in [5.41, 5.74) is -1.02. The monoisotopic (exact) mass is 341 g/mol. The second-order valence-corrected chi connectivity index (χ2v) is 5.53. The molecule has 1 heterocycles. The van der Waals surface area contributed by atoms with Gasteiger partial charge in [-0.3, -0.25) is 0 Å². The lowest BCUT2D eigenvalue weighted by Crippen LogP contribution is -2.39. The maximum absolute atomic E-state index is 13.1. The van der Waals surface area contributed by atoms with Gasteiger partial charge < -0.3 is 14.3 Å². The lowest BCUT2D eigenvalue weighted by Gasteiger charge is -2.24. The zero-order chi connectivity index (χ0) is 17.9. The van der Waals surface area contributed by atoms with Gasteiger partial charge in [0.1, 0.15) is 11.6 Å². The molecule has 0 radical (unpaired) electrons. The first-order chi connectivity index (χ1) is 12.0. The van der Waals surface area contributed by atoms with E-state index >= 15 is 0 Å². The van der Waals surface area contributed by atoms with Gasteiger partial charge in [-0.2, -0.15) is 0 Å². The number of methoxy groups -OCH3 is 1. The normalized spacial score (nSPS) is 13.2. The van der Waals surface area contributed by atoms with E-state index in [0.717, 1.165) is 5.56 Å². The molecule has 1 atom stereocenters. The first-order valence-corrected chi connectivity index (χ1v) is 7.60. The van der Waals surface area contributed by atoms with E-state index in [1.807, 2.05) is 30.3 Å². The van der Waals surface area contributed by atoms with Crippen molar-refractivity contribution in [3.8, 4) is 11.5 Å². The van der Waals surface area contributed by atoms with Crippen molar-refractivity contribution in [2.24, 2.45) is 0 Å². The first-order valence-electron chi connectivity index (χ1n) is 7.60. The Morgan fingerprint density at radius 3 is 2.52 bits per heavy atom. The number of hydrogen-bond donors (Lipinski definition) is 1. The zero-order valence-electron chi connectivity index (χ0n) is 13.5. The van der Waals surface area contributed by atoms with Crippen molar-refractivity contribution in [1.82, 2.24) is 4.98 Å². The molecule has 3 rings (SSSR count). The van der Waals surface area contributed by atoms with Gasteiger partial charge in [0.2, 0.25) is 5.89 Å². The van der Waals surface area contributed by atoms with E-state index in [-0.39, 0.29) is 12.0 Å². The summed E-state index contributed by atoms with van der Waals surface area (Å²) in [5, 5.41) is 10.9. The molecule has 128 valence electrons. The van der Waals surface area contributed by atoms with Crippen LogP contribution in [-0.2, 0) is 21.6 Å². The summed E-state index contributed by atoms with van der Waals surface area (Å²) in [6.45, 7) is 0. The van der Waals surface area contributed by atoms with Crippen LogP contribution < -0.4 is 0 Å². The maximum atomic E-state index is 13.1. The second kappa shape index (κ2) is 6.86. The predicted molar refractivity (Wildman–Crippen MR) is 88.0 cm³/mol. The van der Waals surface area contributed by atoms with Crippen LogP contribution in [0.2, 0.25) is 0 Å². The fourth-order valence-corrected chi connectivity index (χ4v) is 2.54. The molecule has 0 aliphatic carbocycles. The molecule has 0 unspecified atom stereocenters. The Hall–Kier alpha value is -2.99. The van der Waals surface area contributed by atoms with E-state index in [2.05, 4.69) is 4.98 Å². The van der Waals surface area contributed by atoms with E-state index in [0.29, 0.717) is 11.7 Å². The fourth-order valence-electron chi connectivity index (χ4n) is 2.54. The first kappa shape index (κ1) is 16.9. The number of aromatic nitrogens is 1. The standard InChI is InChI=1S/C19H16FNO4/c1-24-18(22)19(23,14-7-9-15(20)10-8-14)11-16-12-21-17(25-16)13-5-3-2-4-6-13/h2-10,12,23H,11H2,1H3/t19-/m0/s1. The molecule has 3 aromatic rings. The molecule has 0 saturated heterocycles. The van der Waals surface area contributed by atoms with Crippen molar-refractivity contribution in [1.29, 1.82) is 0 Å². The molecule has 1 N–H and O–H groups in total. The van der Waals surface area contributed by atoms with Crippen molar-refractivity contribution >= 4 is 5.97 Å². The van der Waals surface area contributed by atoms with Gasteiger partial charge in [0.25, 0.3) is 0 Å². The zero-order valence-corrected chi connectivity index (χ0v) is 13.5. The van der Waals surface area contributed by atoms with Gasteiger partial charge in [-0.1, -0.05) is 30.3 Å². The SMILES string of the molecule is COC(=O)[C@](O)(Cc1cnc(-c2ccccc2)o1)c1ccc(F)cc1. The molecule has 2 aromatic carbocycles. The third-order valence-electron chi connectivity index (χ3n) is 3.85. The summed E-state index contributed by atoms with van der Waals surface area (Å²) in [6.07, 6.45) is 1.25. The summed E-state index contributed by atoms with van der Waals surface area (Å²) >= 11 is 0. The molecule has 25 heavy (non-hydrogen) atoms. The number of benzene rings is 2. The van der Waals surface area contributed by atoms with Crippen molar-refractivity contribution in [2.45, 2.75) is 12.0 Å². The molecular weight excluding hydrogens is 325 g/mol. The topological polar surface area (TPSA) is 72.6 Å². The number of esters is 1. The highest BCUT2D eigenvalue weighted by Crippen LogP contribution is 2.29. The van der Waals surface area contributed by atoms with Crippen LogP contribution in [0.15, 0.2) is 65.2 Å². The van der Waals surface area contributed by atoms with Crippen LogP contribution in [0.5, 0.6) is 0 Å². The Bertz CT molecular complexity index is 861. The second-order valence-electron chi connectivity index (χ2n) is 5.53. The highest BCUT2D eigenvalue weighted by atomic mass is 19.1. The Kier molecular flexibility index (Phi) is 4.63. The van der Waals surface area contributed by atoms with E-state index in [1.165, 1.54) is 37.6 Å². The molecule has 6 heteroatoms. The number of carbonyl (C=O) groups is 1. The number of halogens is 1. The molecule has 5 nitrogen and oxygen atoms in total. The number of carbonyl (C=O) groups excluding carboxylic acids is 1. The van der Waals surface area contributed by atoms with Crippen LogP contribution in [0.3, 0.4) is 0 Å². The van der Waals surface area contributed by atoms with Crippen molar-refractivity contribution in [3.63, 3.8) is 0 Å². The van der Waals surface area contributed by atoms with Crippen LogP contribution >= 0.6 is 0 Å². The highest BCUT2D eigenvalue weighted by molar-refractivity contribution is 5.81. The van der Waals surface area contributed by atoms with Crippen molar-refractivity contribution in [2.75, 3.05) is 7.11 Å². The van der Waals surface area contributed by atoms with E-state index in [1.54, 1.807) is 0 Å². The van der Waals surface area contributed by atoms with Gasteiger partial charge in [-0.05, 0) is 29.8 Å². The van der Waals surface area contributed by atoms with Gasteiger partial charge in [-0.15, -0.1) is 0 Å². The van der Waals surface area contributed by atoms with E-state index in [4.69, 9.17) is 9.15 Å². The fraction of sp³-hybridized carbons (Fsp3) is 0.158. The summed E-state index contributed by atoms with van der Waals surface area (Å²) in [6, 6.07) is 14.2. The number of hydrogen-bond acceptors (Lipinski definition) is 5. The lowest BCUT2D eigenvalue weighted by atomic mass is 9.89. The number of ether oxygens (including phenoxy) is 1. The smallest absolute Gasteiger partial charge is 0.343 e. The summed E-state index contributed by atoms with van der Waals surface area (Å²) in [4.78, 5) is 16.3. The molecule has 0 spiro atoms. The molecule has 0 bridgehead atoms. The number of rotatable bonds is 5. The molecule has 0 amide bonds. The van der Waals surface area contributed by atoms with E-state index in [9.17, 15) is 14.3 Å². The number of nitrogens with zero attached hydrogens (tertiary/aromatic N) is 1. The molecule has 0 aliphatic rings. The minimum absolute atomic E-state index is 0.189. The Morgan fingerprint density at radius 1 is 1.20 bits per heavy atom. The summed E-state index contributed by atoms with van der Waals surface area (Å²) in [5.74, 6) is -0.656.